The maximum absolute atomic E-state index is 14.1. The summed E-state index contributed by atoms with van der Waals surface area (Å²) in [4.78, 5) is 28.1. The van der Waals surface area contributed by atoms with Crippen LogP contribution in [0.4, 0.5) is 0 Å². The fourth-order valence-corrected chi connectivity index (χ4v) is 5.57. The van der Waals surface area contributed by atoms with Crippen LogP contribution in [0.5, 0.6) is 11.5 Å². The summed E-state index contributed by atoms with van der Waals surface area (Å²) in [7, 11) is 1.57. The van der Waals surface area contributed by atoms with Crippen molar-refractivity contribution in [3.05, 3.63) is 95.1 Å². The SMILES string of the molecule is COc1ccc2c(c1OCc1ccccc1)C[C@@H](C(=O)O)N(C(=O)C(OC1CCCCC1)c1ccccc1)C2. The van der Waals surface area contributed by atoms with Crippen molar-refractivity contribution in [1.29, 1.82) is 0 Å². The van der Waals surface area contributed by atoms with Gasteiger partial charge in [0.15, 0.2) is 17.6 Å². The molecule has 0 spiro atoms. The molecule has 1 N–H and O–H groups in total. The Labute approximate surface area is 229 Å². The van der Waals surface area contributed by atoms with Crippen LogP contribution in [0.2, 0.25) is 0 Å². The third-order valence-corrected chi connectivity index (χ3v) is 7.66. The topological polar surface area (TPSA) is 85.3 Å². The van der Waals surface area contributed by atoms with Crippen molar-refractivity contribution in [3.63, 3.8) is 0 Å². The highest BCUT2D eigenvalue weighted by molar-refractivity contribution is 5.88. The first-order chi connectivity index (χ1) is 19.0. The molecule has 3 aromatic rings. The molecule has 0 radical (unpaired) electrons. The van der Waals surface area contributed by atoms with Crippen LogP contribution in [-0.4, -0.2) is 41.1 Å². The number of hydrogen-bond donors (Lipinski definition) is 1. The Morgan fingerprint density at radius 3 is 2.31 bits per heavy atom. The molecule has 3 aromatic carbocycles. The molecule has 1 aliphatic carbocycles. The second kappa shape index (κ2) is 12.3. The molecule has 1 heterocycles. The predicted octanol–water partition coefficient (Wildman–Crippen LogP) is 5.70. The third kappa shape index (κ3) is 6.09. The minimum absolute atomic E-state index is 0.0180. The highest BCUT2D eigenvalue weighted by Crippen LogP contribution is 2.40. The summed E-state index contributed by atoms with van der Waals surface area (Å²) in [6, 6.07) is 21.8. The zero-order valence-corrected chi connectivity index (χ0v) is 22.3. The third-order valence-electron chi connectivity index (χ3n) is 7.66. The van der Waals surface area contributed by atoms with E-state index in [1.165, 1.54) is 11.3 Å². The summed E-state index contributed by atoms with van der Waals surface area (Å²) in [5.74, 6) is -0.325. The lowest BCUT2D eigenvalue weighted by Gasteiger charge is -2.38. The number of carboxylic acid groups (broad SMARTS) is 1. The van der Waals surface area contributed by atoms with Crippen LogP contribution in [0, 0.1) is 0 Å². The first-order valence-corrected chi connectivity index (χ1v) is 13.6. The number of carboxylic acids is 1. The number of hydrogen-bond acceptors (Lipinski definition) is 5. The molecule has 1 fully saturated rings. The summed E-state index contributed by atoms with van der Waals surface area (Å²) in [6.07, 6.45) is 4.37. The number of fused-ring (bicyclic) bond motifs is 1. The average molecular weight is 530 g/mol. The van der Waals surface area contributed by atoms with Crippen LogP contribution in [0.3, 0.4) is 0 Å². The van der Waals surface area contributed by atoms with Gasteiger partial charge in [0.1, 0.15) is 12.6 Å². The van der Waals surface area contributed by atoms with Crippen LogP contribution in [-0.2, 0) is 33.9 Å². The molecule has 7 nitrogen and oxygen atoms in total. The summed E-state index contributed by atoms with van der Waals surface area (Å²) in [5, 5.41) is 10.3. The van der Waals surface area contributed by atoms with E-state index in [0.29, 0.717) is 18.1 Å². The molecule has 1 amide bonds. The molecule has 2 aliphatic rings. The van der Waals surface area contributed by atoms with Gasteiger partial charge in [0.25, 0.3) is 5.91 Å². The molecule has 7 heteroatoms. The van der Waals surface area contributed by atoms with Crippen LogP contribution in [0.1, 0.15) is 60.5 Å². The highest BCUT2D eigenvalue weighted by Gasteiger charge is 2.40. The van der Waals surface area contributed by atoms with Gasteiger partial charge in [0.05, 0.1) is 13.2 Å². The Kier molecular flexibility index (Phi) is 8.47. The Morgan fingerprint density at radius 2 is 1.64 bits per heavy atom. The molecule has 0 saturated heterocycles. The lowest BCUT2D eigenvalue weighted by molar-refractivity contribution is -0.161. The Balaban J connectivity index is 1.45. The lowest BCUT2D eigenvalue weighted by atomic mass is 9.91. The maximum Gasteiger partial charge on any atom is 0.326 e. The van der Waals surface area contributed by atoms with Crippen molar-refractivity contribution >= 4 is 11.9 Å². The second-order valence-electron chi connectivity index (χ2n) is 10.2. The van der Waals surface area contributed by atoms with Crippen LogP contribution < -0.4 is 9.47 Å². The quantitative estimate of drug-likeness (QED) is 0.383. The van der Waals surface area contributed by atoms with Gasteiger partial charge in [-0.05, 0) is 35.6 Å². The molecule has 1 unspecified atom stereocenters. The van der Waals surface area contributed by atoms with Crippen molar-refractivity contribution in [3.8, 4) is 11.5 Å². The molecule has 5 rings (SSSR count). The summed E-state index contributed by atoms with van der Waals surface area (Å²) in [5.41, 5.74) is 3.33. The van der Waals surface area contributed by atoms with Gasteiger partial charge < -0.3 is 24.2 Å². The van der Waals surface area contributed by atoms with Crippen LogP contribution in [0.15, 0.2) is 72.8 Å². The van der Waals surface area contributed by atoms with E-state index in [0.717, 1.165) is 47.9 Å². The van der Waals surface area contributed by atoms with E-state index >= 15 is 0 Å². The largest absolute Gasteiger partial charge is 0.493 e. The number of ether oxygens (including phenoxy) is 3. The van der Waals surface area contributed by atoms with E-state index in [-0.39, 0.29) is 25.0 Å². The van der Waals surface area contributed by atoms with E-state index in [2.05, 4.69) is 0 Å². The van der Waals surface area contributed by atoms with Crippen LogP contribution >= 0.6 is 0 Å². The normalized spacial score (nSPS) is 18.2. The molecule has 1 saturated carbocycles. The second-order valence-corrected chi connectivity index (χ2v) is 10.2. The number of carbonyl (C=O) groups excluding carboxylic acids is 1. The van der Waals surface area contributed by atoms with E-state index < -0.39 is 18.1 Å². The molecular weight excluding hydrogens is 494 g/mol. The summed E-state index contributed by atoms with van der Waals surface area (Å²) >= 11 is 0. The number of benzene rings is 3. The predicted molar refractivity (Wildman–Crippen MR) is 147 cm³/mol. The molecule has 39 heavy (non-hydrogen) atoms. The van der Waals surface area contributed by atoms with Crippen molar-refractivity contribution in [1.82, 2.24) is 4.90 Å². The Morgan fingerprint density at radius 1 is 0.949 bits per heavy atom. The van der Waals surface area contributed by atoms with Gasteiger partial charge in [-0.25, -0.2) is 4.79 Å². The maximum atomic E-state index is 14.1. The smallest absolute Gasteiger partial charge is 0.326 e. The molecule has 2 atom stereocenters. The van der Waals surface area contributed by atoms with Gasteiger partial charge in [-0.2, -0.15) is 0 Å². The van der Waals surface area contributed by atoms with Gasteiger partial charge in [-0.3, -0.25) is 4.79 Å². The average Bonchev–Trinajstić information content (AvgIpc) is 2.99. The van der Waals surface area contributed by atoms with Crippen molar-refractivity contribution in [2.24, 2.45) is 0 Å². The first-order valence-electron chi connectivity index (χ1n) is 13.6. The van der Waals surface area contributed by atoms with E-state index in [4.69, 9.17) is 14.2 Å². The van der Waals surface area contributed by atoms with Gasteiger partial charge in [0, 0.05) is 18.5 Å². The highest BCUT2D eigenvalue weighted by atomic mass is 16.5. The Bertz CT molecular complexity index is 1270. The number of aliphatic carboxylic acids is 1. The standard InChI is InChI=1S/C32H35NO6/c1-37-28-18-17-24-20-33(27(32(35)36)19-26(24)30(28)38-21-22-11-5-2-6-12-22)31(34)29(23-13-7-3-8-14-23)39-25-15-9-4-10-16-25/h2-3,5-8,11-14,17-18,25,27,29H,4,9-10,15-16,19-21H2,1H3,(H,35,36)/t27-,29?/m0/s1. The summed E-state index contributed by atoms with van der Waals surface area (Å²) in [6.45, 7) is 0.466. The number of carbonyl (C=O) groups is 2. The summed E-state index contributed by atoms with van der Waals surface area (Å²) < 4.78 is 18.2. The fraction of sp³-hybridized carbons (Fsp3) is 0.375. The monoisotopic (exact) mass is 529 g/mol. The molecule has 0 aromatic heterocycles. The van der Waals surface area contributed by atoms with Gasteiger partial charge >= 0.3 is 5.97 Å². The van der Waals surface area contributed by atoms with E-state index in [1.54, 1.807) is 7.11 Å². The van der Waals surface area contributed by atoms with Crippen molar-refractivity contribution < 1.29 is 28.9 Å². The molecular formula is C32H35NO6. The zero-order chi connectivity index (χ0) is 27.2. The first kappa shape index (κ1) is 26.8. The molecule has 1 aliphatic heterocycles. The van der Waals surface area contributed by atoms with Gasteiger partial charge in [0.2, 0.25) is 0 Å². The van der Waals surface area contributed by atoms with Gasteiger partial charge in [-0.1, -0.05) is 86.0 Å². The minimum Gasteiger partial charge on any atom is -0.493 e. The lowest BCUT2D eigenvalue weighted by Crippen LogP contribution is -2.51. The number of methoxy groups -OCH3 is 1. The van der Waals surface area contributed by atoms with E-state index in [1.807, 2.05) is 72.8 Å². The minimum atomic E-state index is -1.06. The Hall–Kier alpha value is -3.84. The van der Waals surface area contributed by atoms with Crippen molar-refractivity contribution in [2.45, 2.75) is 69.9 Å². The van der Waals surface area contributed by atoms with Crippen molar-refractivity contribution in [2.75, 3.05) is 7.11 Å². The van der Waals surface area contributed by atoms with Gasteiger partial charge in [-0.15, -0.1) is 0 Å². The number of amides is 1. The van der Waals surface area contributed by atoms with Crippen LogP contribution in [0.25, 0.3) is 0 Å². The number of nitrogens with zero attached hydrogens (tertiary/aromatic N) is 1. The fourth-order valence-electron chi connectivity index (χ4n) is 5.57. The zero-order valence-electron chi connectivity index (χ0n) is 22.3. The van der Waals surface area contributed by atoms with E-state index in [9.17, 15) is 14.7 Å². The molecule has 204 valence electrons. The molecule has 0 bridgehead atoms. The number of rotatable bonds is 9.